The summed E-state index contributed by atoms with van der Waals surface area (Å²) < 4.78 is 4.59. The molecule has 2 aliphatic heterocycles. The number of esters is 1. The molecule has 0 unspecified atom stereocenters. The third-order valence-electron chi connectivity index (χ3n) is 4.89. The Hall–Kier alpha value is -2.34. The van der Waals surface area contributed by atoms with E-state index in [0.29, 0.717) is 6.04 Å². The average molecular weight is 343 g/mol. The van der Waals surface area contributed by atoms with Crippen molar-refractivity contribution in [3.63, 3.8) is 0 Å². The maximum atomic E-state index is 11.8. The van der Waals surface area contributed by atoms with Crippen LogP contribution in [0, 0.1) is 0 Å². The lowest BCUT2D eigenvalue weighted by Gasteiger charge is -2.36. The van der Waals surface area contributed by atoms with E-state index in [1.807, 2.05) is 17.0 Å². The quantitative estimate of drug-likeness (QED) is 0.655. The van der Waals surface area contributed by atoms with Gasteiger partial charge in [-0.25, -0.2) is 9.59 Å². The third kappa shape index (κ3) is 4.60. The third-order valence-corrected chi connectivity index (χ3v) is 4.89. The summed E-state index contributed by atoms with van der Waals surface area (Å²) in [5, 5.41) is 2.88. The van der Waals surface area contributed by atoms with Gasteiger partial charge in [-0.3, -0.25) is 4.90 Å². The predicted octanol–water partition coefficient (Wildman–Crippen LogP) is 1.86. The molecule has 2 saturated heterocycles. The summed E-state index contributed by atoms with van der Waals surface area (Å²) in [6.45, 7) is 4.55. The van der Waals surface area contributed by atoms with Gasteiger partial charge in [0.05, 0.1) is 7.11 Å². The summed E-state index contributed by atoms with van der Waals surface area (Å²) in [6.07, 6.45) is 5.25. The lowest BCUT2D eigenvalue weighted by molar-refractivity contribution is -0.134. The van der Waals surface area contributed by atoms with E-state index in [2.05, 4.69) is 27.1 Å². The van der Waals surface area contributed by atoms with E-state index in [9.17, 15) is 9.59 Å². The van der Waals surface area contributed by atoms with Gasteiger partial charge >= 0.3 is 12.0 Å². The summed E-state index contributed by atoms with van der Waals surface area (Å²) in [6, 6.07) is 8.68. The van der Waals surface area contributed by atoms with Crippen molar-refractivity contribution >= 4 is 18.1 Å². The SMILES string of the molecule is COC(=O)/C=C/c1ccc(CN2CCC(N3CCNC3=O)CC2)cc1. The van der Waals surface area contributed by atoms with Gasteiger partial charge in [-0.15, -0.1) is 0 Å². The molecular weight excluding hydrogens is 318 g/mol. The first-order chi connectivity index (χ1) is 12.2. The molecule has 6 nitrogen and oxygen atoms in total. The number of piperidine rings is 1. The van der Waals surface area contributed by atoms with E-state index < -0.39 is 0 Å². The minimum absolute atomic E-state index is 0.0917. The van der Waals surface area contributed by atoms with E-state index in [4.69, 9.17) is 0 Å². The topological polar surface area (TPSA) is 61.9 Å². The molecule has 1 N–H and O–H groups in total. The van der Waals surface area contributed by atoms with Gasteiger partial charge in [0.1, 0.15) is 0 Å². The zero-order valence-corrected chi connectivity index (χ0v) is 14.6. The Morgan fingerprint density at radius 1 is 1.24 bits per heavy atom. The minimum atomic E-state index is -0.348. The van der Waals surface area contributed by atoms with Gasteiger partial charge in [0.15, 0.2) is 0 Å². The van der Waals surface area contributed by atoms with Crippen molar-refractivity contribution in [2.45, 2.75) is 25.4 Å². The van der Waals surface area contributed by atoms with Crippen molar-refractivity contribution in [3.8, 4) is 0 Å². The number of nitrogens with one attached hydrogen (secondary N) is 1. The number of urea groups is 1. The smallest absolute Gasteiger partial charge is 0.330 e. The molecule has 2 heterocycles. The molecule has 0 spiro atoms. The molecule has 0 bridgehead atoms. The van der Waals surface area contributed by atoms with Crippen LogP contribution in [-0.4, -0.2) is 61.1 Å². The summed E-state index contributed by atoms with van der Waals surface area (Å²) in [7, 11) is 1.37. The van der Waals surface area contributed by atoms with E-state index in [-0.39, 0.29) is 12.0 Å². The number of hydrogen-bond acceptors (Lipinski definition) is 4. The number of benzene rings is 1. The highest BCUT2D eigenvalue weighted by atomic mass is 16.5. The van der Waals surface area contributed by atoms with Crippen molar-refractivity contribution < 1.29 is 14.3 Å². The van der Waals surface area contributed by atoms with E-state index >= 15 is 0 Å². The maximum absolute atomic E-state index is 11.8. The van der Waals surface area contributed by atoms with Crippen molar-refractivity contribution in [2.75, 3.05) is 33.3 Å². The first kappa shape index (κ1) is 17.5. The largest absolute Gasteiger partial charge is 0.466 e. The van der Waals surface area contributed by atoms with E-state index in [0.717, 1.165) is 51.1 Å². The minimum Gasteiger partial charge on any atom is -0.466 e. The second-order valence-corrected chi connectivity index (χ2v) is 6.53. The molecule has 1 aromatic rings. The highest BCUT2D eigenvalue weighted by molar-refractivity contribution is 5.86. The molecule has 0 aromatic heterocycles. The number of hydrogen-bond donors (Lipinski definition) is 1. The summed E-state index contributed by atoms with van der Waals surface area (Å²) in [5.41, 5.74) is 2.24. The van der Waals surface area contributed by atoms with E-state index in [1.54, 1.807) is 6.08 Å². The molecule has 6 heteroatoms. The standard InChI is InChI=1S/C19H25N3O3/c1-25-18(23)7-6-15-2-4-16(5-3-15)14-21-11-8-17(9-12-21)22-13-10-20-19(22)24/h2-7,17H,8-14H2,1H3,(H,20,24)/b7-6+. The fourth-order valence-electron chi connectivity index (χ4n) is 3.45. The molecule has 134 valence electrons. The van der Waals surface area contributed by atoms with Crippen LogP contribution < -0.4 is 5.32 Å². The molecule has 2 aliphatic rings. The number of likely N-dealkylation sites (tertiary alicyclic amines) is 1. The van der Waals surface area contributed by atoms with Crippen LogP contribution in [0.5, 0.6) is 0 Å². The molecule has 0 atom stereocenters. The van der Waals surface area contributed by atoms with Crippen molar-refractivity contribution in [2.24, 2.45) is 0 Å². The predicted molar refractivity (Wildman–Crippen MR) is 95.9 cm³/mol. The van der Waals surface area contributed by atoms with Gasteiger partial charge in [0.25, 0.3) is 0 Å². The van der Waals surface area contributed by atoms with Gasteiger partial charge < -0.3 is 15.0 Å². The molecular formula is C19H25N3O3. The number of carbonyl (C=O) groups excluding carboxylic acids is 2. The number of amides is 2. The Bertz CT molecular complexity index is 634. The number of rotatable bonds is 5. The molecule has 0 aliphatic carbocycles. The molecule has 1 aromatic carbocycles. The molecule has 2 amide bonds. The van der Waals surface area contributed by atoms with Crippen LogP contribution in [0.3, 0.4) is 0 Å². The average Bonchev–Trinajstić information content (AvgIpc) is 3.07. The summed E-state index contributed by atoms with van der Waals surface area (Å²) in [4.78, 5) is 27.3. The normalized spacial score (nSPS) is 19.4. The number of nitrogens with zero attached hydrogens (tertiary/aromatic N) is 2. The Morgan fingerprint density at radius 3 is 2.56 bits per heavy atom. The van der Waals surface area contributed by atoms with Crippen LogP contribution >= 0.6 is 0 Å². The van der Waals surface area contributed by atoms with Crippen molar-refractivity contribution in [1.29, 1.82) is 0 Å². The molecule has 2 fully saturated rings. The molecule has 25 heavy (non-hydrogen) atoms. The van der Waals surface area contributed by atoms with Crippen LogP contribution in [0.4, 0.5) is 4.79 Å². The first-order valence-electron chi connectivity index (χ1n) is 8.77. The second-order valence-electron chi connectivity index (χ2n) is 6.53. The van der Waals surface area contributed by atoms with Gasteiger partial charge in [0, 0.05) is 44.8 Å². The van der Waals surface area contributed by atoms with Crippen LogP contribution in [0.1, 0.15) is 24.0 Å². The zero-order chi connectivity index (χ0) is 17.6. The molecule has 3 rings (SSSR count). The van der Waals surface area contributed by atoms with Gasteiger partial charge in [0.2, 0.25) is 0 Å². The fourth-order valence-corrected chi connectivity index (χ4v) is 3.45. The maximum Gasteiger partial charge on any atom is 0.330 e. The van der Waals surface area contributed by atoms with Crippen molar-refractivity contribution in [1.82, 2.24) is 15.1 Å². The first-order valence-corrected chi connectivity index (χ1v) is 8.77. The lowest BCUT2D eigenvalue weighted by Crippen LogP contribution is -2.45. The van der Waals surface area contributed by atoms with E-state index in [1.165, 1.54) is 18.7 Å². The number of ether oxygens (including phenoxy) is 1. The van der Waals surface area contributed by atoms with Gasteiger partial charge in [-0.2, -0.15) is 0 Å². The lowest BCUT2D eigenvalue weighted by atomic mass is 10.0. The monoisotopic (exact) mass is 343 g/mol. The van der Waals surface area contributed by atoms with Crippen LogP contribution in [0.2, 0.25) is 0 Å². The number of carbonyl (C=O) groups is 2. The zero-order valence-electron chi connectivity index (χ0n) is 14.6. The summed E-state index contributed by atoms with van der Waals surface area (Å²) >= 11 is 0. The Labute approximate surface area is 148 Å². The highest BCUT2D eigenvalue weighted by Gasteiger charge is 2.30. The highest BCUT2D eigenvalue weighted by Crippen LogP contribution is 2.20. The summed E-state index contributed by atoms with van der Waals surface area (Å²) in [5.74, 6) is -0.348. The van der Waals surface area contributed by atoms with Crippen LogP contribution in [0.15, 0.2) is 30.3 Å². The number of methoxy groups -OCH3 is 1. The Morgan fingerprint density at radius 2 is 1.96 bits per heavy atom. The van der Waals surface area contributed by atoms with Gasteiger partial charge in [-0.1, -0.05) is 24.3 Å². The van der Waals surface area contributed by atoms with Crippen LogP contribution in [0.25, 0.3) is 6.08 Å². The fraction of sp³-hybridized carbons (Fsp3) is 0.474. The van der Waals surface area contributed by atoms with Crippen molar-refractivity contribution in [3.05, 3.63) is 41.5 Å². The van der Waals surface area contributed by atoms with Crippen LogP contribution in [-0.2, 0) is 16.1 Å². The Kier molecular flexibility index (Phi) is 5.71. The molecule has 0 saturated carbocycles. The molecule has 0 radical (unpaired) electrons. The van der Waals surface area contributed by atoms with Gasteiger partial charge in [-0.05, 0) is 30.0 Å². The second kappa shape index (κ2) is 8.16. The Balaban J connectivity index is 1.48.